The Morgan fingerprint density at radius 1 is 1.00 bits per heavy atom. The second-order valence-corrected chi connectivity index (χ2v) is 7.18. The highest BCUT2D eigenvalue weighted by molar-refractivity contribution is 6.07. The Morgan fingerprint density at radius 3 is 2.29 bits per heavy atom. The SMILES string of the molecule is CCOc1cc(-c2c(C(=O)O)c(N)[nH]c(=O)c2C(=O)O)ccc1OCc1cccc(C(F)(F)F)c1. The van der Waals surface area contributed by atoms with Crippen LogP contribution >= 0.6 is 0 Å². The van der Waals surface area contributed by atoms with Gasteiger partial charge in [-0.1, -0.05) is 18.2 Å². The molecule has 1 heterocycles. The normalized spacial score (nSPS) is 11.2. The first-order valence-corrected chi connectivity index (χ1v) is 10.0. The number of anilines is 1. The van der Waals surface area contributed by atoms with Crippen molar-refractivity contribution in [3.63, 3.8) is 0 Å². The molecule has 0 spiro atoms. The van der Waals surface area contributed by atoms with Gasteiger partial charge in [-0.25, -0.2) is 9.59 Å². The molecule has 0 bridgehead atoms. The number of hydrogen-bond acceptors (Lipinski definition) is 6. The minimum absolute atomic E-state index is 0.00697. The van der Waals surface area contributed by atoms with E-state index in [2.05, 4.69) is 0 Å². The summed E-state index contributed by atoms with van der Waals surface area (Å²) < 4.78 is 50.0. The number of alkyl halides is 3. The summed E-state index contributed by atoms with van der Waals surface area (Å²) in [6.07, 6.45) is -4.52. The molecule has 0 saturated carbocycles. The highest BCUT2D eigenvalue weighted by Gasteiger charge is 2.30. The summed E-state index contributed by atoms with van der Waals surface area (Å²) in [7, 11) is 0. The number of pyridine rings is 1. The first-order chi connectivity index (χ1) is 16.4. The van der Waals surface area contributed by atoms with Crippen molar-refractivity contribution in [1.29, 1.82) is 0 Å². The zero-order chi connectivity index (χ0) is 25.9. The van der Waals surface area contributed by atoms with Gasteiger partial charge in [0, 0.05) is 5.56 Å². The fourth-order valence-electron chi connectivity index (χ4n) is 3.39. The molecule has 0 radical (unpaired) electrons. The molecule has 184 valence electrons. The van der Waals surface area contributed by atoms with Crippen LogP contribution in [0.2, 0.25) is 0 Å². The molecule has 0 aliphatic rings. The molecule has 0 aliphatic heterocycles. The zero-order valence-electron chi connectivity index (χ0n) is 18.1. The predicted octanol–water partition coefficient (Wildman–Crippen LogP) is 4.02. The number of aromatic nitrogens is 1. The summed E-state index contributed by atoms with van der Waals surface area (Å²) in [5, 5.41) is 19.1. The smallest absolute Gasteiger partial charge is 0.416 e. The summed E-state index contributed by atoms with van der Waals surface area (Å²) in [6, 6.07) is 8.43. The van der Waals surface area contributed by atoms with Crippen LogP contribution in [0, 0.1) is 0 Å². The van der Waals surface area contributed by atoms with E-state index in [4.69, 9.17) is 15.2 Å². The average molecular weight is 492 g/mol. The minimum atomic E-state index is -4.52. The van der Waals surface area contributed by atoms with E-state index in [1.54, 1.807) is 6.92 Å². The van der Waals surface area contributed by atoms with E-state index in [0.717, 1.165) is 12.1 Å². The van der Waals surface area contributed by atoms with E-state index in [9.17, 15) is 37.8 Å². The maximum atomic E-state index is 13.0. The van der Waals surface area contributed by atoms with Gasteiger partial charge in [0.2, 0.25) is 0 Å². The lowest BCUT2D eigenvalue weighted by Crippen LogP contribution is -2.24. The van der Waals surface area contributed by atoms with Gasteiger partial charge in [-0.15, -0.1) is 0 Å². The summed E-state index contributed by atoms with van der Waals surface area (Å²) in [5.74, 6) is -3.64. The lowest BCUT2D eigenvalue weighted by Gasteiger charge is -2.16. The molecule has 0 fully saturated rings. The number of carboxylic acid groups (broad SMARTS) is 2. The molecule has 1 aromatic heterocycles. The molecular weight excluding hydrogens is 473 g/mol. The largest absolute Gasteiger partial charge is 0.490 e. The fourth-order valence-corrected chi connectivity index (χ4v) is 3.39. The number of hydrogen-bond donors (Lipinski definition) is 4. The number of H-pyrrole nitrogens is 1. The van der Waals surface area contributed by atoms with Crippen LogP contribution in [0.4, 0.5) is 19.0 Å². The van der Waals surface area contributed by atoms with Gasteiger partial charge in [0.25, 0.3) is 5.56 Å². The van der Waals surface area contributed by atoms with Crippen LogP contribution in [0.5, 0.6) is 11.5 Å². The Hall–Kier alpha value is -4.48. The van der Waals surface area contributed by atoms with Gasteiger partial charge in [0.15, 0.2) is 11.5 Å². The summed E-state index contributed by atoms with van der Waals surface area (Å²) in [4.78, 5) is 37.8. The number of benzene rings is 2. The third-order valence-electron chi connectivity index (χ3n) is 4.85. The lowest BCUT2D eigenvalue weighted by atomic mass is 9.95. The van der Waals surface area contributed by atoms with E-state index in [0.29, 0.717) is 0 Å². The van der Waals surface area contributed by atoms with Gasteiger partial charge < -0.3 is 30.4 Å². The van der Waals surface area contributed by atoms with Crippen LogP contribution in [0.15, 0.2) is 47.3 Å². The molecule has 0 atom stereocenters. The number of aromatic amines is 1. The molecule has 0 unspecified atom stereocenters. The maximum Gasteiger partial charge on any atom is 0.416 e. The van der Waals surface area contributed by atoms with E-state index in [-0.39, 0.29) is 35.8 Å². The van der Waals surface area contributed by atoms with Crippen LogP contribution in [0.3, 0.4) is 0 Å². The third kappa shape index (κ3) is 5.37. The van der Waals surface area contributed by atoms with E-state index in [1.807, 2.05) is 4.98 Å². The monoisotopic (exact) mass is 492 g/mol. The number of nitrogens with one attached hydrogen (secondary N) is 1. The van der Waals surface area contributed by atoms with Gasteiger partial charge in [0.1, 0.15) is 23.6 Å². The standard InChI is InChI=1S/C23H19F3N2O7/c1-2-34-15-9-12(16-17(21(30)31)19(27)28-20(29)18(16)22(32)33)6-7-14(15)35-10-11-4-3-5-13(8-11)23(24,25)26/h3-9H,2,10H2,1H3,(H,30,31)(H,32,33)(H3,27,28,29). The van der Waals surface area contributed by atoms with Crippen LogP contribution in [-0.2, 0) is 12.8 Å². The summed E-state index contributed by atoms with van der Waals surface area (Å²) >= 11 is 0. The van der Waals surface area contributed by atoms with Gasteiger partial charge in [-0.2, -0.15) is 13.2 Å². The van der Waals surface area contributed by atoms with Gasteiger partial charge in [-0.3, -0.25) is 4.79 Å². The minimum Gasteiger partial charge on any atom is -0.490 e. The average Bonchev–Trinajstić information content (AvgIpc) is 2.77. The van der Waals surface area contributed by atoms with Crippen molar-refractivity contribution in [1.82, 2.24) is 4.98 Å². The molecular formula is C23H19F3N2O7. The van der Waals surface area contributed by atoms with Gasteiger partial charge >= 0.3 is 18.1 Å². The van der Waals surface area contributed by atoms with Crippen LogP contribution < -0.4 is 20.8 Å². The Morgan fingerprint density at radius 2 is 1.69 bits per heavy atom. The van der Waals surface area contributed by atoms with Crippen LogP contribution in [0.25, 0.3) is 11.1 Å². The number of nitrogens with two attached hydrogens (primary N) is 1. The van der Waals surface area contributed by atoms with E-state index < -0.39 is 51.7 Å². The first kappa shape index (κ1) is 25.1. The maximum absolute atomic E-state index is 13.0. The van der Waals surface area contributed by atoms with Crippen molar-refractivity contribution in [2.75, 3.05) is 12.3 Å². The molecule has 9 nitrogen and oxygen atoms in total. The zero-order valence-corrected chi connectivity index (χ0v) is 18.1. The fraction of sp³-hybridized carbons (Fsp3) is 0.174. The van der Waals surface area contributed by atoms with Crippen molar-refractivity contribution < 1.29 is 42.4 Å². The number of carbonyl (C=O) groups is 2. The molecule has 0 amide bonds. The highest BCUT2D eigenvalue weighted by atomic mass is 19.4. The van der Waals surface area contributed by atoms with Crippen molar-refractivity contribution >= 4 is 17.8 Å². The lowest BCUT2D eigenvalue weighted by molar-refractivity contribution is -0.137. The number of halogens is 3. The van der Waals surface area contributed by atoms with Crippen molar-refractivity contribution in [3.05, 3.63) is 75.1 Å². The van der Waals surface area contributed by atoms with Gasteiger partial charge in [0.05, 0.1) is 12.2 Å². The number of nitrogen functional groups attached to an aromatic ring is 1. The number of rotatable bonds is 8. The molecule has 3 rings (SSSR count). The van der Waals surface area contributed by atoms with Crippen molar-refractivity contribution in [3.8, 4) is 22.6 Å². The molecule has 5 N–H and O–H groups in total. The summed E-state index contributed by atoms with van der Waals surface area (Å²) in [6.45, 7) is 1.51. The first-order valence-electron chi connectivity index (χ1n) is 10.0. The quantitative estimate of drug-likeness (QED) is 0.368. The topological polar surface area (TPSA) is 152 Å². The van der Waals surface area contributed by atoms with E-state index in [1.165, 1.54) is 30.3 Å². The third-order valence-corrected chi connectivity index (χ3v) is 4.85. The Balaban J connectivity index is 2.07. The van der Waals surface area contributed by atoms with Gasteiger partial charge in [-0.05, 0) is 42.3 Å². The number of carboxylic acids is 2. The molecule has 0 saturated heterocycles. The molecule has 3 aromatic rings. The number of ether oxygens (including phenoxy) is 2. The second-order valence-electron chi connectivity index (χ2n) is 7.18. The predicted molar refractivity (Wildman–Crippen MR) is 118 cm³/mol. The highest BCUT2D eigenvalue weighted by Crippen LogP contribution is 2.37. The Bertz CT molecular complexity index is 1350. The molecule has 0 aliphatic carbocycles. The number of aromatic carboxylic acids is 2. The van der Waals surface area contributed by atoms with Crippen LogP contribution in [0.1, 0.15) is 38.8 Å². The van der Waals surface area contributed by atoms with E-state index >= 15 is 0 Å². The summed E-state index contributed by atoms with van der Waals surface area (Å²) in [5.41, 5.74) is 2.04. The second kappa shape index (κ2) is 9.79. The van der Waals surface area contributed by atoms with Crippen molar-refractivity contribution in [2.24, 2.45) is 0 Å². The van der Waals surface area contributed by atoms with Crippen molar-refractivity contribution in [2.45, 2.75) is 19.7 Å². The Kier molecular flexibility index (Phi) is 7.04. The van der Waals surface area contributed by atoms with Crippen LogP contribution in [-0.4, -0.2) is 33.7 Å². The Labute approximate surface area is 195 Å². The molecule has 2 aromatic carbocycles. The molecule has 35 heavy (non-hydrogen) atoms. The molecule has 12 heteroatoms.